The molecule has 1 aromatic heterocycles. The van der Waals surface area contributed by atoms with Gasteiger partial charge in [0.05, 0.1) is 18.5 Å². The van der Waals surface area contributed by atoms with E-state index >= 15 is 0 Å². The van der Waals surface area contributed by atoms with Gasteiger partial charge in [-0.25, -0.2) is 13.8 Å². The van der Waals surface area contributed by atoms with Crippen LogP contribution in [-0.2, 0) is 0 Å². The molecule has 0 radical (unpaired) electrons. The van der Waals surface area contributed by atoms with Crippen LogP contribution < -0.4 is 9.75 Å². The zero-order valence-electron chi connectivity index (χ0n) is 17.1. The molecule has 4 rings (SSSR count). The topological polar surface area (TPSA) is 58.0 Å². The van der Waals surface area contributed by atoms with Crippen LogP contribution in [0.3, 0.4) is 0 Å². The zero-order valence-corrected chi connectivity index (χ0v) is 17.9. The summed E-state index contributed by atoms with van der Waals surface area (Å²) in [6.45, 7) is 1.85. The molecule has 0 fully saturated rings. The summed E-state index contributed by atoms with van der Waals surface area (Å²) in [5, 5.41) is 17.0. The third kappa shape index (κ3) is 3.73. The lowest BCUT2D eigenvalue weighted by Crippen LogP contribution is -2.60. The summed E-state index contributed by atoms with van der Waals surface area (Å²) in [5.74, 6) is -4.13. The molecule has 1 aliphatic rings. The Kier molecular flexibility index (Phi) is 5.68. The summed E-state index contributed by atoms with van der Waals surface area (Å²) in [5.41, 5.74) is -0.728. The molecule has 0 saturated carbocycles. The summed E-state index contributed by atoms with van der Waals surface area (Å²) in [4.78, 5) is 4.29. The standard InChI is InChI=1S/C22H19F4N3O2S/c1-13-3-5-14(6-4-13)17-11-21(30,22(25,26)19(23)24)29(28-17)20-27-18(12-32-20)15-7-9-16(31-2)10-8-15/h3-10,12,19,30H,11H2,1-2H3/t21-/m0/s1. The second kappa shape index (κ2) is 8.18. The smallest absolute Gasteiger partial charge is 0.355 e. The highest BCUT2D eigenvalue weighted by Gasteiger charge is 2.66. The molecular weight excluding hydrogens is 446 g/mol. The van der Waals surface area contributed by atoms with E-state index in [1.165, 1.54) is 7.11 Å². The zero-order chi connectivity index (χ0) is 23.1. The van der Waals surface area contributed by atoms with Crippen LogP contribution in [0.25, 0.3) is 11.3 Å². The first kappa shape index (κ1) is 22.2. The Labute approximate surface area is 185 Å². The third-order valence-electron chi connectivity index (χ3n) is 5.24. The average Bonchev–Trinajstić information content (AvgIpc) is 3.40. The number of aromatic nitrogens is 1. The second-order valence-electron chi connectivity index (χ2n) is 7.39. The number of anilines is 1. The first-order valence-corrected chi connectivity index (χ1v) is 10.5. The highest BCUT2D eigenvalue weighted by atomic mass is 32.1. The highest BCUT2D eigenvalue weighted by molar-refractivity contribution is 7.14. The third-order valence-corrected chi connectivity index (χ3v) is 6.05. The molecule has 1 aliphatic heterocycles. The lowest BCUT2D eigenvalue weighted by molar-refractivity contribution is -0.237. The number of aryl methyl sites for hydroxylation is 1. The average molecular weight is 465 g/mol. The van der Waals surface area contributed by atoms with Crippen LogP contribution in [0, 0.1) is 6.92 Å². The van der Waals surface area contributed by atoms with E-state index in [4.69, 9.17) is 4.74 Å². The lowest BCUT2D eigenvalue weighted by atomic mass is 9.96. The van der Waals surface area contributed by atoms with Gasteiger partial charge in [-0.05, 0) is 36.8 Å². The van der Waals surface area contributed by atoms with Gasteiger partial charge >= 0.3 is 12.3 Å². The summed E-state index contributed by atoms with van der Waals surface area (Å²) >= 11 is 0.920. The summed E-state index contributed by atoms with van der Waals surface area (Å²) in [7, 11) is 1.52. The van der Waals surface area contributed by atoms with Gasteiger partial charge in [0.25, 0.3) is 0 Å². The van der Waals surface area contributed by atoms with Crippen molar-refractivity contribution in [1.29, 1.82) is 0 Å². The Bertz CT molecular complexity index is 1130. The van der Waals surface area contributed by atoms with E-state index in [-0.39, 0.29) is 10.8 Å². The van der Waals surface area contributed by atoms with Crippen molar-refractivity contribution in [1.82, 2.24) is 4.98 Å². The van der Waals surface area contributed by atoms with Gasteiger partial charge in [-0.15, -0.1) is 11.3 Å². The minimum absolute atomic E-state index is 0.0639. The van der Waals surface area contributed by atoms with Crippen molar-refractivity contribution in [3.05, 3.63) is 65.0 Å². The largest absolute Gasteiger partial charge is 0.497 e. The van der Waals surface area contributed by atoms with Crippen molar-refractivity contribution in [2.75, 3.05) is 12.1 Å². The fraction of sp³-hybridized carbons (Fsp3) is 0.273. The fourth-order valence-electron chi connectivity index (χ4n) is 3.34. The minimum atomic E-state index is -4.76. The molecule has 10 heteroatoms. The maximum absolute atomic E-state index is 14.6. The monoisotopic (exact) mass is 465 g/mol. The maximum atomic E-state index is 14.6. The van der Waals surface area contributed by atoms with Gasteiger partial charge in [-0.1, -0.05) is 29.8 Å². The molecule has 2 heterocycles. The minimum Gasteiger partial charge on any atom is -0.497 e. The van der Waals surface area contributed by atoms with E-state index in [0.29, 0.717) is 27.6 Å². The molecule has 2 aromatic carbocycles. The van der Waals surface area contributed by atoms with Crippen LogP contribution in [0.15, 0.2) is 59.0 Å². The molecule has 32 heavy (non-hydrogen) atoms. The number of hydrogen-bond acceptors (Lipinski definition) is 6. The summed E-state index contributed by atoms with van der Waals surface area (Å²) < 4.78 is 60.9. The second-order valence-corrected chi connectivity index (χ2v) is 8.22. The maximum Gasteiger partial charge on any atom is 0.355 e. The van der Waals surface area contributed by atoms with Gasteiger partial charge in [0, 0.05) is 17.4 Å². The van der Waals surface area contributed by atoms with E-state index in [0.717, 1.165) is 16.9 Å². The molecule has 0 saturated heterocycles. The fourth-order valence-corrected chi connectivity index (χ4v) is 4.19. The van der Waals surface area contributed by atoms with Crippen LogP contribution >= 0.6 is 11.3 Å². The van der Waals surface area contributed by atoms with Crippen molar-refractivity contribution in [2.24, 2.45) is 5.10 Å². The number of methoxy groups -OCH3 is 1. The van der Waals surface area contributed by atoms with E-state index in [1.807, 2.05) is 6.92 Å². The number of hydrazone groups is 1. The number of halogens is 4. The Morgan fingerprint density at radius 1 is 1.09 bits per heavy atom. The molecule has 5 nitrogen and oxygen atoms in total. The van der Waals surface area contributed by atoms with Gasteiger partial charge in [-0.3, -0.25) is 0 Å². The number of rotatable bonds is 6. The Morgan fingerprint density at radius 3 is 2.31 bits per heavy atom. The van der Waals surface area contributed by atoms with Gasteiger partial charge in [0.15, 0.2) is 0 Å². The molecule has 0 bridgehead atoms. The van der Waals surface area contributed by atoms with Crippen molar-refractivity contribution in [2.45, 2.75) is 31.4 Å². The Morgan fingerprint density at radius 2 is 1.72 bits per heavy atom. The Hall–Kier alpha value is -2.98. The first-order chi connectivity index (χ1) is 15.2. The molecular formula is C22H19F4N3O2S. The van der Waals surface area contributed by atoms with Gasteiger partial charge in [-0.2, -0.15) is 18.9 Å². The number of alkyl halides is 4. The van der Waals surface area contributed by atoms with Crippen molar-refractivity contribution < 1.29 is 27.4 Å². The van der Waals surface area contributed by atoms with Crippen molar-refractivity contribution in [3.8, 4) is 17.0 Å². The van der Waals surface area contributed by atoms with E-state index < -0.39 is 24.5 Å². The molecule has 1 atom stereocenters. The molecule has 0 aliphatic carbocycles. The van der Waals surface area contributed by atoms with E-state index in [2.05, 4.69) is 10.1 Å². The molecule has 0 amide bonds. The number of aliphatic hydroxyl groups is 1. The van der Waals surface area contributed by atoms with Crippen molar-refractivity contribution in [3.63, 3.8) is 0 Å². The van der Waals surface area contributed by atoms with Gasteiger partial charge < -0.3 is 9.84 Å². The van der Waals surface area contributed by atoms with Crippen LogP contribution in [0.5, 0.6) is 5.75 Å². The first-order valence-electron chi connectivity index (χ1n) is 9.59. The normalized spacial score (nSPS) is 18.9. The highest BCUT2D eigenvalue weighted by Crippen LogP contribution is 2.46. The molecule has 1 N–H and O–H groups in total. The molecule has 0 unspecified atom stereocenters. The summed E-state index contributed by atoms with van der Waals surface area (Å²) in [6, 6.07) is 13.6. The molecule has 0 spiro atoms. The number of ether oxygens (including phenoxy) is 1. The molecule has 168 valence electrons. The number of thiazole rings is 1. The Balaban J connectivity index is 1.75. The van der Waals surface area contributed by atoms with Crippen LogP contribution in [0.4, 0.5) is 22.7 Å². The van der Waals surface area contributed by atoms with Crippen LogP contribution in [0.2, 0.25) is 0 Å². The van der Waals surface area contributed by atoms with Crippen LogP contribution in [0.1, 0.15) is 17.5 Å². The number of nitrogens with zero attached hydrogens (tertiary/aromatic N) is 3. The molecule has 3 aromatic rings. The van der Waals surface area contributed by atoms with E-state index in [1.54, 1.807) is 53.9 Å². The SMILES string of the molecule is COc1ccc(-c2csc(N3N=C(c4ccc(C)cc4)C[C@]3(O)C(F)(F)C(F)F)n2)cc1. The summed E-state index contributed by atoms with van der Waals surface area (Å²) in [6.07, 6.45) is -4.88. The van der Waals surface area contributed by atoms with E-state index in [9.17, 15) is 22.7 Å². The lowest BCUT2D eigenvalue weighted by Gasteiger charge is -2.36. The van der Waals surface area contributed by atoms with Gasteiger partial charge in [0.1, 0.15) is 5.75 Å². The van der Waals surface area contributed by atoms with Gasteiger partial charge in [0.2, 0.25) is 10.9 Å². The van der Waals surface area contributed by atoms with Crippen LogP contribution in [-0.4, -0.2) is 41.0 Å². The van der Waals surface area contributed by atoms with Crippen molar-refractivity contribution >= 4 is 22.2 Å². The number of hydrogen-bond donors (Lipinski definition) is 1. The predicted octanol–water partition coefficient (Wildman–Crippen LogP) is 5.33. The quantitative estimate of drug-likeness (QED) is 0.500. The predicted molar refractivity (Wildman–Crippen MR) is 115 cm³/mol. The number of benzene rings is 2.